The summed E-state index contributed by atoms with van der Waals surface area (Å²) in [5.41, 5.74) is 1.53. The zero-order chi connectivity index (χ0) is 6.15. The predicted octanol–water partition coefficient (Wildman–Crippen LogP) is 1.39. The Balaban J connectivity index is 2.78. The first-order valence-electron chi connectivity index (χ1n) is 2.77. The quantitative estimate of drug-likeness (QED) is 0.536. The Kier molecular flexibility index (Phi) is 1.92. The molecule has 0 amide bonds. The van der Waals surface area contributed by atoms with Crippen molar-refractivity contribution in [1.29, 1.82) is 0 Å². The first kappa shape index (κ1) is 6.55. The van der Waals surface area contributed by atoms with E-state index in [1.165, 1.54) is 5.57 Å². The normalized spacial score (nSPS) is 20.9. The maximum atomic E-state index is 2.33. The summed E-state index contributed by atoms with van der Waals surface area (Å²) in [6.45, 7) is 6.72. The summed E-state index contributed by atoms with van der Waals surface area (Å²) in [7, 11) is 0. The van der Waals surface area contributed by atoms with Gasteiger partial charge in [-0.25, -0.2) is 0 Å². The van der Waals surface area contributed by atoms with Crippen LogP contribution in [0.15, 0.2) is 11.6 Å². The van der Waals surface area contributed by atoms with E-state index in [-0.39, 0.29) is 21.1 Å². The minimum atomic E-state index is -0.00394. The van der Waals surface area contributed by atoms with Crippen LogP contribution in [0.1, 0.15) is 20.8 Å². The van der Waals surface area contributed by atoms with Gasteiger partial charge in [-0.2, -0.15) is 0 Å². The second kappa shape index (κ2) is 2.35. The van der Waals surface area contributed by atoms with Crippen molar-refractivity contribution >= 4 is 24.6 Å². The summed E-state index contributed by atoms with van der Waals surface area (Å²) in [6, 6.07) is 0. The molecule has 1 radical (unpaired) electrons. The fraction of sp³-hybridized carbons (Fsp3) is 0.429. The molecule has 43 valence electrons. The van der Waals surface area contributed by atoms with Gasteiger partial charge in [0.05, 0.1) is 0 Å². The molecule has 8 heavy (non-hydrogen) atoms. The van der Waals surface area contributed by atoms with Crippen LogP contribution in [0.5, 0.6) is 0 Å². The van der Waals surface area contributed by atoms with Crippen LogP contribution in [0, 0.1) is 3.86 Å². The molecule has 0 nitrogen and oxygen atoms in total. The molecule has 0 atom stereocenters. The second-order valence-electron chi connectivity index (χ2n) is 2.17. The fourth-order valence-electron chi connectivity index (χ4n) is 0.803. The van der Waals surface area contributed by atoms with Gasteiger partial charge in [0.25, 0.3) is 0 Å². The third-order valence-corrected chi connectivity index (χ3v) is 4.68. The van der Waals surface area contributed by atoms with Crippen LogP contribution in [0.4, 0.5) is 0 Å². The Morgan fingerprint density at radius 3 is 2.00 bits per heavy atom. The van der Waals surface area contributed by atoms with Crippen molar-refractivity contribution in [2.24, 2.45) is 0 Å². The fourth-order valence-corrected chi connectivity index (χ4v) is 3.74. The first-order valence-corrected chi connectivity index (χ1v) is 5.33. The Morgan fingerprint density at radius 2 is 1.88 bits per heavy atom. The molecule has 0 saturated carbocycles. The molecule has 0 fully saturated rings. The summed E-state index contributed by atoms with van der Waals surface area (Å²) >= 11 is -0.00394. The van der Waals surface area contributed by atoms with Crippen molar-refractivity contribution in [2.75, 3.05) is 0 Å². The molecule has 0 spiro atoms. The van der Waals surface area contributed by atoms with E-state index >= 15 is 0 Å². The molecule has 0 N–H and O–H groups in total. The van der Waals surface area contributed by atoms with Gasteiger partial charge in [-0.05, 0) is 0 Å². The van der Waals surface area contributed by atoms with Gasteiger partial charge in [-0.1, -0.05) is 0 Å². The zero-order valence-electron chi connectivity index (χ0n) is 5.52. The molecule has 0 aromatic carbocycles. The van der Waals surface area contributed by atoms with Crippen molar-refractivity contribution in [1.82, 2.24) is 0 Å². The maximum absolute atomic E-state index is 2.33. The van der Waals surface area contributed by atoms with Gasteiger partial charge < -0.3 is 0 Å². The second-order valence-corrected chi connectivity index (χ2v) is 6.73. The van der Waals surface area contributed by atoms with E-state index in [0.717, 1.165) is 0 Å². The Hall–Kier alpha value is 0.428. The van der Waals surface area contributed by atoms with E-state index in [1.54, 1.807) is 7.31 Å². The van der Waals surface area contributed by atoms with E-state index < -0.39 is 0 Å². The van der Waals surface area contributed by atoms with Gasteiger partial charge >= 0.3 is 60.9 Å². The van der Waals surface area contributed by atoms with Crippen LogP contribution < -0.4 is 0 Å². The van der Waals surface area contributed by atoms with Gasteiger partial charge in [-0.15, -0.1) is 0 Å². The third-order valence-electron chi connectivity index (χ3n) is 1.34. The van der Waals surface area contributed by atoms with Gasteiger partial charge in [0, 0.05) is 0 Å². The van der Waals surface area contributed by atoms with E-state index in [2.05, 4.69) is 26.8 Å². The summed E-state index contributed by atoms with van der Waals surface area (Å²) in [4.78, 5) is 0. The van der Waals surface area contributed by atoms with Gasteiger partial charge in [0.15, 0.2) is 0 Å². The van der Waals surface area contributed by atoms with Crippen molar-refractivity contribution in [3.8, 4) is 0 Å². The van der Waals surface area contributed by atoms with Crippen LogP contribution in [0.2, 0.25) is 0 Å². The Bertz CT molecular complexity index is 154. The summed E-state index contributed by atoms with van der Waals surface area (Å²) in [5.74, 6) is 0. The molecule has 1 heterocycles. The molecular formula is C7H10Sb. The van der Waals surface area contributed by atoms with Crippen LogP contribution in [0.3, 0.4) is 0 Å². The van der Waals surface area contributed by atoms with E-state index in [0.29, 0.717) is 0 Å². The van der Waals surface area contributed by atoms with Crippen molar-refractivity contribution in [3.63, 3.8) is 0 Å². The molecule has 0 aliphatic carbocycles. The molecule has 1 aliphatic heterocycles. The number of allylic oxidation sites excluding steroid dienone is 2. The molecule has 0 aromatic rings. The van der Waals surface area contributed by atoms with Gasteiger partial charge in [0.2, 0.25) is 0 Å². The van der Waals surface area contributed by atoms with E-state index in [4.69, 9.17) is 0 Å². The Morgan fingerprint density at radius 1 is 1.25 bits per heavy atom. The molecule has 1 rings (SSSR count). The summed E-state index contributed by atoms with van der Waals surface area (Å²) in [6.07, 6.45) is 2.33. The van der Waals surface area contributed by atoms with Crippen LogP contribution in [-0.4, -0.2) is 24.6 Å². The molecule has 0 unspecified atom stereocenters. The summed E-state index contributed by atoms with van der Waals surface area (Å²) in [5, 5.41) is 0. The van der Waals surface area contributed by atoms with Crippen LogP contribution in [0.25, 0.3) is 0 Å². The average molecular weight is 216 g/mol. The van der Waals surface area contributed by atoms with E-state index in [1.807, 2.05) is 0 Å². The first-order chi connectivity index (χ1) is 3.70. The van der Waals surface area contributed by atoms with Crippen LogP contribution >= 0.6 is 0 Å². The number of hydrogen-bond donors (Lipinski definition) is 0. The molecule has 1 heteroatoms. The molecule has 1 aliphatic rings. The topological polar surface area (TPSA) is 0 Å². The zero-order valence-corrected chi connectivity index (χ0v) is 8.08. The minimum absolute atomic E-state index is 0.00394. The SMILES string of the molecule is C[C]1[Sb]=[C](C)C=C1C. The molecule has 0 bridgehead atoms. The Labute approximate surface area is 61.0 Å². The monoisotopic (exact) mass is 215 g/mol. The predicted molar refractivity (Wildman–Crippen MR) is 39.1 cm³/mol. The molecular weight excluding hydrogens is 206 g/mol. The molecule has 0 saturated heterocycles. The van der Waals surface area contributed by atoms with Gasteiger partial charge in [-0.3, -0.25) is 0 Å². The van der Waals surface area contributed by atoms with E-state index in [9.17, 15) is 0 Å². The average Bonchev–Trinajstić information content (AvgIpc) is 1.85. The van der Waals surface area contributed by atoms with Crippen molar-refractivity contribution < 1.29 is 0 Å². The third kappa shape index (κ3) is 1.23. The number of rotatable bonds is 0. The van der Waals surface area contributed by atoms with Gasteiger partial charge in [0.1, 0.15) is 0 Å². The summed E-state index contributed by atoms with van der Waals surface area (Å²) < 4.78 is 3.33. The molecule has 0 aromatic heterocycles. The van der Waals surface area contributed by atoms with Crippen LogP contribution in [-0.2, 0) is 0 Å². The van der Waals surface area contributed by atoms with Crippen molar-refractivity contribution in [2.45, 2.75) is 20.8 Å². The number of hydrogen-bond acceptors (Lipinski definition) is 0. The standard InChI is InChI=1S/C7H10.Sb/c1-4-6-7(3)5-2;/h6H,1-3H3;. The van der Waals surface area contributed by atoms with Crippen molar-refractivity contribution in [3.05, 3.63) is 15.5 Å².